The molecule has 0 fully saturated rings. The van der Waals surface area contributed by atoms with E-state index in [0.29, 0.717) is 0 Å². The number of primary amides is 1. The number of amides is 1. The zero-order valence-corrected chi connectivity index (χ0v) is 8.13. The van der Waals surface area contributed by atoms with Crippen LogP contribution in [0, 0.1) is 13.8 Å². The lowest BCUT2D eigenvalue weighted by molar-refractivity contribution is 0.0975. The lowest BCUT2D eigenvalue weighted by Crippen LogP contribution is -2.10. The summed E-state index contributed by atoms with van der Waals surface area (Å²) in [6.07, 6.45) is 0. The maximum Gasteiger partial charge on any atom is 0.284 e. The number of carbonyl (C=O) groups is 1. The second kappa shape index (κ2) is 2.87. The highest BCUT2D eigenvalue weighted by molar-refractivity contribution is 5.98. The number of rotatable bonds is 1. The van der Waals surface area contributed by atoms with Gasteiger partial charge in [-0.15, -0.1) is 0 Å². The number of benzene rings is 1. The Bertz CT molecular complexity index is 511. The number of hydrogen-bond donors (Lipinski definition) is 1. The van der Waals surface area contributed by atoms with Gasteiger partial charge in [0.05, 0.1) is 0 Å². The number of carbonyl (C=O) groups excluding carboxylic acids is 1. The number of aryl methyl sites for hydroxylation is 2. The van der Waals surface area contributed by atoms with Gasteiger partial charge in [0.25, 0.3) is 5.91 Å². The first-order valence-corrected chi connectivity index (χ1v) is 4.40. The molecule has 1 amide bonds. The minimum Gasteiger partial charge on any atom is -0.451 e. The zero-order valence-electron chi connectivity index (χ0n) is 8.13. The summed E-state index contributed by atoms with van der Waals surface area (Å²) in [4.78, 5) is 11.0. The number of fused-ring (bicyclic) bond motifs is 1. The lowest BCUT2D eigenvalue weighted by atomic mass is 10.1. The third-order valence-corrected chi connectivity index (χ3v) is 2.39. The van der Waals surface area contributed by atoms with Crippen LogP contribution in [0.15, 0.2) is 22.6 Å². The van der Waals surface area contributed by atoms with Crippen LogP contribution in [-0.2, 0) is 0 Å². The third kappa shape index (κ3) is 1.09. The molecule has 2 N–H and O–H groups in total. The summed E-state index contributed by atoms with van der Waals surface area (Å²) in [7, 11) is 0. The Labute approximate surface area is 81.5 Å². The van der Waals surface area contributed by atoms with Gasteiger partial charge >= 0.3 is 0 Å². The highest BCUT2D eigenvalue weighted by Gasteiger charge is 2.15. The van der Waals surface area contributed by atoms with Crippen LogP contribution in [-0.4, -0.2) is 5.91 Å². The molecule has 0 atom stereocenters. The molecule has 0 aliphatic carbocycles. The molecular weight excluding hydrogens is 178 g/mol. The predicted molar refractivity (Wildman–Crippen MR) is 54.2 cm³/mol. The first-order chi connectivity index (χ1) is 6.61. The van der Waals surface area contributed by atoms with Crippen LogP contribution in [0.1, 0.15) is 21.7 Å². The van der Waals surface area contributed by atoms with Gasteiger partial charge < -0.3 is 10.2 Å². The largest absolute Gasteiger partial charge is 0.451 e. The quantitative estimate of drug-likeness (QED) is 0.747. The SMILES string of the molecule is Cc1cccc2oc(C(N)=O)c(C)c12. The minimum absolute atomic E-state index is 0.259. The Balaban J connectivity index is 2.87. The Morgan fingerprint density at radius 2 is 2.07 bits per heavy atom. The summed E-state index contributed by atoms with van der Waals surface area (Å²) in [5, 5.41) is 0.987. The van der Waals surface area contributed by atoms with E-state index < -0.39 is 5.91 Å². The lowest BCUT2D eigenvalue weighted by Gasteiger charge is -1.94. The maximum atomic E-state index is 11.0. The molecule has 0 saturated heterocycles. The van der Waals surface area contributed by atoms with Crippen molar-refractivity contribution in [2.45, 2.75) is 13.8 Å². The average molecular weight is 189 g/mol. The van der Waals surface area contributed by atoms with Crippen molar-refractivity contribution in [3.63, 3.8) is 0 Å². The van der Waals surface area contributed by atoms with Crippen molar-refractivity contribution in [2.75, 3.05) is 0 Å². The first kappa shape index (κ1) is 8.81. The Morgan fingerprint density at radius 1 is 1.36 bits per heavy atom. The molecular formula is C11H11NO2. The van der Waals surface area contributed by atoms with Gasteiger partial charge in [0.1, 0.15) is 5.58 Å². The van der Waals surface area contributed by atoms with Crippen molar-refractivity contribution in [1.29, 1.82) is 0 Å². The highest BCUT2D eigenvalue weighted by Crippen LogP contribution is 2.27. The summed E-state index contributed by atoms with van der Waals surface area (Å²) >= 11 is 0. The van der Waals surface area contributed by atoms with Crippen molar-refractivity contribution in [2.24, 2.45) is 5.73 Å². The fraction of sp³-hybridized carbons (Fsp3) is 0.182. The summed E-state index contributed by atoms with van der Waals surface area (Å²) in [5.74, 6) is -0.257. The molecule has 3 heteroatoms. The molecule has 1 aromatic carbocycles. The fourth-order valence-electron chi connectivity index (χ4n) is 1.74. The van der Waals surface area contributed by atoms with Crippen LogP contribution in [0.2, 0.25) is 0 Å². The van der Waals surface area contributed by atoms with E-state index in [4.69, 9.17) is 10.2 Å². The number of hydrogen-bond acceptors (Lipinski definition) is 2. The van der Waals surface area contributed by atoms with Crippen LogP contribution in [0.5, 0.6) is 0 Å². The van der Waals surface area contributed by atoms with Crippen molar-refractivity contribution in [3.8, 4) is 0 Å². The van der Waals surface area contributed by atoms with E-state index in [1.54, 1.807) is 0 Å². The number of nitrogens with two attached hydrogens (primary N) is 1. The van der Waals surface area contributed by atoms with E-state index in [1.807, 2.05) is 32.0 Å². The molecule has 1 aromatic heterocycles. The smallest absolute Gasteiger partial charge is 0.284 e. The summed E-state index contributed by atoms with van der Waals surface area (Å²) in [6.45, 7) is 3.83. The second-order valence-electron chi connectivity index (χ2n) is 3.37. The molecule has 3 nitrogen and oxygen atoms in total. The van der Waals surface area contributed by atoms with E-state index >= 15 is 0 Å². The normalized spacial score (nSPS) is 10.7. The standard InChI is InChI=1S/C11H11NO2/c1-6-4-3-5-8-9(6)7(2)10(14-8)11(12)13/h3-5H,1-2H3,(H2,12,13). The van der Waals surface area contributed by atoms with E-state index in [9.17, 15) is 4.79 Å². The van der Waals surface area contributed by atoms with E-state index in [0.717, 1.165) is 22.1 Å². The van der Waals surface area contributed by atoms with Crippen molar-refractivity contribution in [1.82, 2.24) is 0 Å². The van der Waals surface area contributed by atoms with Gasteiger partial charge in [-0.2, -0.15) is 0 Å². The molecule has 0 radical (unpaired) electrons. The third-order valence-electron chi connectivity index (χ3n) is 2.39. The molecule has 2 rings (SSSR count). The fourth-order valence-corrected chi connectivity index (χ4v) is 1.74. The number of furan rings is 1. The summed E-state index contributed by atoms with van der Waals surface area (Å²) < 4.78 is 5.37. The van der Waals surface area contributed by atoms with Gasteiger partial charge in [0, 0.05) is 10.9 Å². The molecule has 0 aliphatic rings. The topological polar surface area (TPSA) is 56.2 Å². The van der Waals surface area contributed by atoms with Gasteiger partial charge in [-0.05, 0) is 25.5 Å². The monoisotopic (exact) mass is 189 g/mol. The van der Waals surface area contributed by atoms with Crippen molar-refractivity contribution < 1.29 is 9.21 Å². The van der Waals surface area contributed by atoms with Crippen LogP contribution in [0.25, 0.3) is 11.0 Å². The van der Waals surface area contributed by atoms with Crippen LogP contribution in [0.4, 0.5) is 0 Å². The van der Waals surface area contributed by atoms with Gasteiger partial charge in [0.15, 0.2) is 5.76 Å². The molecule has 0 spiro atoms. The highest BCUT2D eigenvalue weighted by atomic mass is 16.3. The van der Waals surface area contributed by atoms with E-state index in [2.05, 4.69) is 0 Å². The molecule has 14 heavy (non-hydrogen) atoms. The summed E-state index contributed by atoms with van der Waals surface area (Å²) in [6, 6.07) is 5.71. The second-order valence-corrected chi connectivity index (χ2v) is 3.37. The van der Waals surface area contributed by atoms with E-state index in [1.165, 1.54) is 0 Å². The molecule has 0 saturated carbocycles. The molecule has 0 unspecified atom stereocenters. The van der Waals surface area contributed by atoms with Crippen LogP contribution < -0.4 is 5.73 Å². The predicted octanol–water partition coefficient (Wildman–Crippen LogP) is 2.15. The molecule has 1 heterocycles. The zero-order chi connectivity index (χ0) is 10.3. The van der Waals surface area contributed by atoms with Gasteiger partial charge in [-0.3, -0.25) is 4.79 Å². The Hall–Kier alpha value is -1.77. The van der Waals surface area contributed by atoms with Crippen molar-refractivity contribution in [3.05, 3.63) is 35.1 Å². The Morgan fingerprint density at radius 3 is 2.64 bits per heavy atom. The Kier molecular flexibility index (Phi) is 1.81. The molecule has 0 bridgehead atoms. The van der Waals surface area contributed by atoms with Crippen LogP contribution in [0.3, 0.4) is 0 Å². The first-order valence-electron chi connectivity index (χ1n) is 4.40. The molecule has 0 aliphatic heterocycles. The summed E-state index contributed by atoms with van der Waals surface area (Å²) in [5.41, 5.74) is 7.83. The molecule has 72 valence electrons. The minimum atomic E-state index is -0.516. The molecule has 2 aromatic rings. The van der Waals surface area contributed by atoms with Gasteiger partial charge in [-0.1, -0.05) is 12.1 Å². The van der Waals surface area contributed by atoms with E-state index in [-0.39, 0.29) is 5.76 Å². The van der Waals surface area contributed by atoms with Gasteiger partial charge in [0.2, 0.25) is 0 Å². The average Bonchev–Trinajstić information content (AvgIpc) is 2.45. The maximum absolute atomic E-state index is 11.0. The van der Waals surface area contributed by atoms with Crippen LogP contribution >= 0.6 is 0 Å². The van der Waals surface area contributed by atoms with Gasteiger partial charge in [-0.25, -0.2) is 0 Å². The van der Waals surface area contributed by atoms with Crippen molar-refractivity contribution >= 4 is 16.9 Å².